The van der Waals surface area contributed by atoms with Gasteiger partial charge in [-0.1, -0.05) is 30.3 Å². The molecule has 0 aliphatic carbocycles. The zero-order valence-electron chi connectivity index (χ0n) is 8.54. The molecule has 16 heavy (non-hydrogen) atoms. The lowest BCUT2D eigenvalue weighted by molar-refractivity contribution is -0.136. The lowest BCUT2D eigenvalue weighted by Gasteiger charge is -1.95. The third-order valence-electron chi connectivity index (χ3n) is 1.87. The highest BCUT2D eigenvalue weighted by molar-refractivity contribution is 7.94. The highest BCUT2D eigenvalue weighted by Crippen LogP contribution is 2.04. The van der Waals surface area contributed by atoms with E-state index in [1.54, 1.807) is 24.3 Å². The van der Waals surface area contributed by atoms with Crippen molar-refractivity contribution in [2.24, 2.45) is 0 Å². The summed E-state index contributed by atoms with van der Waals surface area (Å²) >= 11 is 0. The van der Waals surface area contributed by atoms with Gasteiger partial charge in [-0.3, -0.25) is 4.79 Å². The standard InChI is InChI=1S/C11H12O4S/c12-11(13)7-9-16(14,15)8-6-10-4-2-1-3-5-10/h1-6,8H,7,9H2,(H,12,13)/b8-6-. The SMILES string of the molecule is O=C(O)CCS(=O)(=O)/C=C\c1ccccc1. The molecule has 86 valence electrons. The van der Waals surface area contributed by atoms with Crippen LogP contribution in [0.25, 0.3) is 6.08 Å². The van der Waals surface area contributed by atoms with Gasteiger partial charge in [0.05, 0.1) is 12.2 Å². The van der Waals surface area contributed by atoms with Crippen LogP contribution in [0.3, 0.4) is 0 Å². The van der Waals surface area contributed by atoms with Gasteiger partial charge in [0.1, 0.15) is 0 Å². The zero-order valence-corrected chi connectivity index (χ0v) is 9.35. The summed E-state index contributed by atoms with van der Waals surface area (Å²) in [6, 6.07) is 8.95. The summed E-state index contributed by atoms with van der Waals surface area (Å²) in [6.07, 6.45) is 1.08. The largest absolute Gasteiger partial charge is 0.481 e. The van der Waals surface area contributed by atoms with Gasteiger partial charge in [0.25, 0.3) is 0 Å². The second-order valence-electron chi connectivity index (χ2n) is 3.22. The summed E-state index contributed by atoms with van der Waals surface area (Å²) in [7, 11) is -3.44. The number of carbonyl (C=O) groups is 1. The van der Waals surface area contributed by atoms with Gasteiger partial charge in [-0.25, -0.2) is 8.42 Å². The number of benzene rings is 1. The molecule has 0 aliphatic heterocycles. The highest BCUT2D eigenvalue weighted by atomic mass is 32.2. The molecule has 0 heterocycles. The van der Waals surface area contributed by atoms with Crippen LogP contribution < -0.4 is 0 Å². The van der Waals surface area contributed by atoms with E-state index in [2.05, 4.69) is 0 Å². The van der Waals surface area contributed by atoms with Crippen LogP contribution in [0, 0.1) is 0 Å². The van der Waals surface area contributed by atoms with E-state index in [1.165, 1.54) is 6.08 Å². The van der Waals surface area contributed by atoms with E-state index in [1.807, 2.05) is 6.07 Å². The first kappa shape index (κ1) is 12.4. The molecular weight excluding hydrogens is 228 g/mol. The summed E-state index contributed by atoms with van der Waals surface area (Å²) in [6.45, 7) is 0. The number of rotatable bonds is 5. The van der Waals surface area contributed by atoms with Gasteiger partial charge in [-0.15, -0.1) is 0 Å². The Morgan fingerprint density at radius 3 is 2.44 bits per heavy atom. The molecule has 0 radical (unpaired) electrons. The van der Waals surface area contributed by atoms with Gasteiger partial charge in [-0.2, -0.15) is 0 Å². The van der Waals surface area contributed by atoms with Crippen molar-refractivity contribution in [3.05, 3.63) is 41.3 Å². The average Bonchev–Trinajstić information content (AvgIpc) is 2.26. The average molecular weight is 240 g/mol. The molecule has 0 saturated carbocycles. The Balaban J connectivity index is 2.66. The fourth-order valence-electron chi connectivity index (χ4n) is 1.04. The molecule has 0 saturated heterocycles. The van der Waals surface area contributed by atoms with Gasteiger partial charge in [0, 0.05) is 5.41 Å². The normalized spacial score (nSPS) is 11.8. The van der Waals surface area contributed by atoms with Crippen molar-refractivity contribution in [1.29, 1.82) is 0 Å². The molecule has 1 N–H and O–H groups in total. The summed E-state index contributed by atoms with van der Waals surface area (Å²) in [5.74, 6) is -1.48. The number of aliphatic carboxylic acids is 1. The monoisotopic (exact) mass is 240 g/mol. The molecule has 5 heteroatoms. The minimum absolute atomic E-state index is 0.369. The second-order valence-corrected chi connectivity index (χ2v) is 5.23. The van der Waals surface area contributed by atoms with Gasteiger partial charge in [0.15, 0.2) is 9.84 Å². The Morgan fingerprint density at radius 2 is 1.88 bits per heavy atom. The summed E-state index contributed by atoms with van der Waals surface area (Å²) in [5.41, 5.74) is 0.765. The Bertz CT molecular complexity index is 474. The van der Waals surface area contributed by atoms with E-state index in [0.717, 1.165) is 11.0 Å². The summed E-state index contributed by atoms with van der Waals surface area (Å²) < 4.78 is 22.7. The Morgan fingerprint density at radius 1 is 1.25 bits per heavy atom. The fourth-order valence-corrected chi connectivity index (χ4v) is 2.00. The van der Waals surface area contributed by atoms with E-state index >= 15 is 0 Å². The van der Waals surface area contributed by atoms with Crippen LogP contribution in [0.1, 0.15) is 12.0 Å². The van der Waals surface area contributed by atoms with Crippen molar-refractivity contribution >= 4 is 21.9 Å². The van der Waals surface area contributed by atoms with Crippen LogP contribution in [-0.4, -0.2) is 25.2 Å². The molecule has 0 unspecified atom stereocenters. The van der Waals surface area contributed by atoms with Crippen molar-refractivity contribution in [2.75, 3.05) is 5.75 Å². The number of carboxylic acid groups (broad SMARTS) is 1. The number of hydrogen-bond acceptors (Lipinski definition) is 3. The molecule has 1 aromatic carbocycles. The molecule has 1 aromatic rings. The van der Waals surface area contributed by atoms with Crippen molar-refractivity contribution in [2.45, 2.75) is 6.42 Å². The molecular formula is C11H12O4S. The first-order valence-electron chi connectivity index (χ1n) is 4.67. The van der Waals surface area contributed by atoms with Crippen molar-refractivity contribution in [3.8, 4) is 0 Å². The van der Waals surface area contributed by atoms with Crippen LogP contribution in [0.15, 0.2) is 35.7 Å². The van der Waals surface area contributed by atoms with E-state index in [-0.39, 0.29) is 12.2 Å². The molecule has 0 spiro atoms. The summed E-state index contributed by atoms with van der Waals surface area (Å²) in [5, 5.41) is 9.42. The maximum atomic E-state index is 11.4. The van der Waals surface area contributed by atoms with Crippen LogP contribution in [0.2, 0.25) is 0 Å². The smallest absolute Gasteiger partial charge is 0.304 e. The van der Waals surface area contributed by atoms with Crippen molar-refractivity contribution in [1.82, 2.24) is 0 Å². The first-order chi connectivity index (χ1) is 7.49. The second kappa shape index (κ2) is 5.46. The number of sulfone groups is 1. The predicted octanol–water partition coefficient (Wildman–Crippen LogP) is 1.55. The molecule has 0 bridgehead atoms. The predicted molar refractivity (Wildman–Crippen MR) is 61.5 cm³/mol. The van der Waals surface area contributed by atoms with Crippen LogP contribution in [0.4, 0.5) is 0 Å². The maximum absolute atomic E-state index is 11.4. The molecule has 0 amide bonds. The quantitative estimate of drug-likeness (QED) is 0.847. The molecule has 4 nitrogen and oxygen atoms in total. The van der Waals surface area contributed by atoms with Gasteiger partial charge in [-0.05, 0) is 11.6 Å². The van der Waals surface area contributed by atoms with E-state index < -0.39 is 15.8 Å². The molecule has 0 aromatic heterocycles. The van der Waals surface area contributed by atoms with Gasteiger partial charge >= 0.3 is 5.97 Å². The number of carboxylic acids is 1. The van der Waals surface area contributed by atoms with Crippen molar-refractivity contribution < 1.29 is 18.3 Å². The third kappa shape index (κ3) is 4.75. The third-order valence-corrected chi connectivity index (χ3v) is 3.19. The Kier molecular flexibility index (Phi) is 4.25. The fraction of sp³-hybridized carbons (Fsp3) is 0.182. The summed E-state index contributed by atoms with van der Waals surface area (Å²) in [4.78, 5) is 10.2. The van der Waals surface area contributed by atoms with E-state index in [4.69, 9.17) is 5.11 Å². The van der Waals surface area contributed by atoms with Gasteiger partial charge in [0.2, 0.25) is 0 Å². The highest BCUT2D eigenvalue weighted by Gasteiger charge is 2.08. The zero-order chi connectivity index (χ0) is 12.0. The Hall–Kier alpha value is -1.62. The van der Waals surface area contributed by atoms with Crippen LogP contribution in [-0.2, 0) is 14.6 Å². The minimum atomic E-state index is -3.44. The van der Waals surface area contributed by atoms with Crippen LogP contribution >= 0.6 is 0 Å². The molecule has 0 fully saturated rings. The van der Waals surface area contributed by atoms with Crippen LogP contribution in [0.5, 0.6) is 0 Å². The van der Waals surface area contributed by atoms with Crippen molar-refractivity contribution in [3.63, 3.8) is 0 Å². The molecule has 0 aliphatic rings. The first-order valence-corrected chi connectivity index (χ1v) is 6.39. The number of hydrogen-bond donors (Lipinski definition) is 1. The maximum Gasteiger partial charge on any atom is 0.304 e. The lowest BCUT2D eigenvalue weighted by Crippen LogP contribution is -2.07. The lowest BCUT2D eigenvalue weighted by atomic mass is 10.2. The van der Waals surface area contributed by atoms with Gasteiger partial charge < -0.3 is 5.11 Å². The molecule has 0 atom stereocenters. The van der Waals surface area contributed by atoms with E-state index in [0.29, 0.717) is 0 Å². The molecule has 1 rings (SSSR count). The Labute approximate surface area is 94.1 Å². The van der Waals surface area contributed by atoms with E-state index in [9.17, 15) is 13.2 Å². The minimum Gasteiger partial charge on any atom is -0.481 e. The topological polar surface area (TPSA) is 71.4 Å².